The van der Waals surface area contributed by atoms with Crippen LogP contribution in [-0.4, -0.2) is 19.5 Å². The minimum atomic E-state index is 0.553. The van der Waals surface area contributed by atoms with Crippen LogP contribution in [0.1, 0.15) is 0 Å². The Kier molecular flexibility index (Phi) is 6.18. The Morgan fingerprint density at radius 2 is 1.10 bits per heavy atom. The average Bonchev–Trinajstić information content (AvgIpc) is 3.76. The second-order valence-electron chi connectivity index (χ2n) is 13.2. The van der Waals surface area contributed by atoms with Gasteiger partial charge < -0.3 is 4.42 Å². The zero-order valence-electron chi connectivity index (χ0n) is 27.9. The Bertz CT molecular complexity index is 3190. The largest absolute Gasteiger partial charge is 0.455 e. The first-order valence-electron chi connectivity index (χ1n) is 17.5. The van der Waals surface area contributed by atoms with Crippen LogP contribution < -0.4 is 0 Å². The molecule has 3 aromatic heterocycles. The molecule has 52 heavy (non-hydrogen) atoms. The van der Waals surface area contributed by atoms with Gasteiger partial charge in [-0.25, -0.2) is 4.98 Å². The number of nitrogens with zero attached hydrogens (tertiary/aromatic N) is 4. The molecule has 0 fully saturated rings. The van der Waals surface area contributed by atoms with Crippen molar-refractivity contribution in [2.75, 3.05) is 0 Å². The number of aromatic nitrogens is 4. The number of hydrogen-bond acceptors (Lipinski definition) is 4. The van der Waals surface area contributed by atoms with Gasteiger partial charge in [0.1, 0.15) is 11.2 Å². The summed E-state index contributed by atoms with van der Waals surface area (Å²) < 4.78 is 8.97. The van der Waals surface area contributed by atoms with Crippen molar-refractivity contribution >= 4 is 65.3 Å². The third-order valence-corrected chi connectivity index (χ3v) is 10.2. The maximum absolute atomic E-state index is 6.75. The molecule has 0 unspecified atom stereocenters. The quantitative estimate of drug-likeness (QED) is 0.188. The van der Waals surface area contributed by atoms with E-state index in [4.69, 9.17) is 19.4 Å². The number of fused-ring (bicyclic) bond motifs is 8. The van der Waals surface area contributed by atoms with Crippen molar-refractivity contribution in [3.05, 3.63) is 170 Å². The molecule has 0 saturated carbocycles. The Morgan fingerprint density at radius 3 is 1.96 bits per heavy atom. The molecule has 0 radical (unpaired) electrons. The van der Waals surface area contributed by atoms with Gasteiger partial charge in [0.05, 0.1) is 11.0 Å². The first kappa shape index (κ1) is 28.7. The van der Waals surface area contributed by atoms with E-state index in [9.17, 15) is 0 Å². The molecule has 0 bridgehead atoms. The first-order chi connectivity index (χ1) is 25.8. The minimum absolute atomic E-state index is 0.553. The second kappa shape index (κ2) is 11.2. The van der Waals surface area contributed by atoms with E-state index in [-0.39, 0.29) is 0 Å². The van der Waals surface area contributed by atoms with Crippen molar-refractivity contribution in [1.29, 1.82) is 0 Å². The van der Waals surface area contributed by atoms with Crippen LogP contribution in [0.2, 0.25) is 0 Å². The van der Waals surface area contributed by atoms with E-state index >= 15 is 0 Å². The molecule has 0 spiro atoms. The first-order valence-corrected chi connectivity index (χ1v) is 17.5. The van der Waals surface area contributed by atoms with Gasteiger partial charge in [-0.3, -0.25) is 4.57 Å². The topological polar surface area (TPSA) is 56.7 Å². The lowest BCUT2D eigenvalue weighted by Crippen LogP contribution is -2.07. The molecule has 8 aromatic carbocycles. The van der Waals surface area contributed by atoms with Crippen molar-refractivity contribution in [3.8, 4) is 39.9 Å². The lowest BCUT2D eigenvalue weighted by molar-refractivity contribution is 0.670. The Balaban J connectivity index is 1.27. The number of rotatable bonds is 4. The van der Waals surface area contributed by atoms with E-state index in [1.807, 2.05) is 30.3 Å². The summed E-state index contributed by atoms with van der Waals surface area (Å²) in [5, 5.41) is 9.00. The van der Waals surface area contributed by atoms with E-state index in [0.717, 1.165) is 82.2 Å². The fourth-order valence-corrected chi connectivity index (χ4v) is 7.86. The summed E-state index contributed by atoms with van der Waals surface area (Å²) in [7, 11) is 0. The molecule has 0 aliphatic rings. The predicted molar refractivity (Wildman–Crippen MR) is 213 cm³/mol. The predicted octanol–water partition coefficient (Wildman–Crippen LogP) is 12.2. The van der Waals surface area contributed by atoms with Crippen LogP contribution in [0.25, 0.3) is 105 Å². The minimum Gasteiger partial charge on any atom is -0.455 e. The lowest BCUT2D eigenvalue weighted by atomic mass is 9.93. The van der Waals surface area contributed by atoms with E-state index in [1.165, 1.54) is 5.39 Å². The average molecular weight is 665 g/mol. The zero-order chi connectivity index (χ0) is 34.2. The van der Waals surface area contributed by atoms with Crippen LogP contribution in [-0.2, 0) is 0 Å². The lowest BCUT2D eigenvalue weighted by Gasteiger charge is -2.14. The monoisotopic (exact) mass is 664 g/mol. The van der Waals surface area contributed by atoms with Crippen LogP contribution >= 0.6 is 0 Å². The van der Waals surface area contributed by atoms with Gasteiger partial charge in [0.15, 0.2) is 11.6 Å². The van der Waals surface area contributed by atoms with Gasteiger partial charge in [0, 0.05) is 43.8 Å². The van der Waals surface area contributed by atoms with Gasteiger partial charge in [-0.1, -0.05) is 146 Å². The van der Waals surface area contributed by atoms with Gasteiger partial charge in [0.2, 0.25) is 5.95 Å². The highest BCUT2D eigenvalue weighted by atomic mass is 16.3. The van der Waals surface area contributed by atoms with Gasteiger partial charge >= 0.3 is 0 Å². The molecule has 0 amide bonds. The van der Waals surface area contributed by atoms with Crippen molar-refractivity contribution in [1.82, 2.24) is 19.5 Å². The highest BCUT2D eigenvalue weighted by Gasteiger charge is 2.24. The van der Waals surface area contributed by atoms with Crippen LogP contribution in [0.15, 0.2) is 174 Å². The molecule has 0 aliphatic carbocycles. The molecule has 5 nitrogen and oxygen atoms in total. The maximum atomic E-state index is 6.75. The highest BCUT2D eigenvalue weighted by molar-refractivity contribution is 6.22. The smallest absolute Gasteiger partial charge is 0.238 e. The normalized spacial score (nSPS) is 11.8. The van der Waals surface area contributed by atoms with Gasteiger partial charge in [0.25, 0.3) is 0 Å². The number of furan rings is 1. The molecule has 3 heterocycles. The number of hydrogen-bond donors (Lipinski definition) is 0. The summed E-state index contributed by atoms with van der Waals surface area (Å²) in [5.41, 5.74) is 7.70. The van der Waals surface area contributed by atoms with Gasteiger partial charge in [-0.05, 0) is 45.8 Å². The Hall–Kier alpha value is -7.11. The fourth-order valence-electron chi connectivity index (χ4n) is 7.86. The van der Waals surface area contributed by atoms with E-state index in [2.05, 4.69) is 144 Å². The van der Waals surface area contributed by atoms with E-state index < -0.39 is 0 Å². The van der Waals surface area contributed by atoms with Crippen LogP contribution in [0.4, 0.5) is 0 Å². The summed E-state index contributed by atoms with van der Waals surface area (Å²) in [5.74, 6) is 1.78. The van der Waals surface area contributed by atoms with E-state index in [1.54, 1.807) is 0 Å². The number of benzene rings is 8. The third kappa shape index (κ3) is 4.33. The van der Waals surface area contributed by atoms with Gasteiger partial charge in [-0.15, -0.1) is 0 Å². The molecule has 242 valence electrons. The summed E-state index contributed by atoms with van der Waals surface area (Å²) in [4.78, 5) is 15.6. The third-order valence-electron chi connectivity index (χ3n) is 10.2. The summed E-state index contributed by atoms with van der Waals surface area (Å²) in [6, 6.07) is 59.1. The Labute approximate surface area is 298 Å². The van der Waals surface area contributed by atoms with Crippen LogP contribution in [0.5, 0.6) is 0 Å². The molecule has 0 aliphatic heterocycles. The van der Waals surface area contributed by atoms with Crippen LogP contribution in [0.3, 0.4) is 0 Å². The Morgan fingerprint density at radius 1 is 0.423 bits per heavy atom. The van der Waals surface area contributed by atoms with Crippen molar-refractivity contribution in [2.24, 2.45) is 0 Å². The molecule has 0 saturated heterocycles. The number of para-hydroxylation sites is 3. The molecule has 0 N–H and O–H groups in total. The molecular formula is C47H28N4O. The molecule has 11 aromatic rings. The highest BCUT2D eigenvalue weighted by Crippen LogP contribution is 2.45. The molecular weight excluding hydrogens is 637 g/mol. The van der Waals surface area contributed by atoms with Crippen LogP contribution in [0, 0.1) is 0 Å². The zero-order valence-corrected chi connectivity index (χ0v) is 27.9. The van der Waals surface area contributed by atoms with Crippen molar-refractivity contribution in [3.63, 3.8) is 0 Å². The molecule has 5 heteroatoms. The second-order valence-corrected chi connectivity index (χ2v) is 13.2. The summed E-state index contributed by atoms with van der Waals surface area (Å²) >= 11 is 0. The van der Waals surface area contributed by atoms with E-state index in [0.29, 0.717) is 17.6 Å². The molecule has 11 rings (SSSR count). The SMILES string of the molecule is c1ccc(-c2nc(-c3ccc4ccccc4c3)nc(-n3c4ccccc4c4cccc(-c5c6ccccc6cc6c5oc5ccccc56)c43)n2)cc1. The summed E-state index contributed by atoms with van der Waals surface area (Å²) in [6.07, 6.45) is 0. The van der Waals surface area contributed by atoms with Gasteiger partial charge in [-0.2, -0.15) is 9.97 Å². The van der Waals surface area contributed by atoms with Crippen molar-refractivity contribution < 1.29 is 4.42 Å². The fraction of sp³-hybridized carbons (Fsp3) is 0. The van der Waals surface area contributed by atoms with Crippen molar-refractivity contribution in [2.45, 2.75) is 0 Å². The standard InChI is InChI=1S/C47H28N4O/c1-2-14-30(15-3-1)45-48-46(33-26-25-29-13-4-5-16-31(29)27-33)50-47(49-45)51-40-23-10-8-19-35(40)37-21-12-22-38(43(37)51)42-34-18-7-6-17-32(34)28-39-36-20-9-11-24-41(36)52-44(39)42/h1-28H. The molecule has 0 atom stereocenters. The summed E-state index contributed by atoms with van der Waals surface area (Å²) in [6.45, 7) is 0. The maximum Gasteiger partial charge on any atom is 0.238 e.